The van der Waals surface area contributed by atoms with Gasteiger partial charge in [0.15, 0.2) is 0 Å². The molecular weight excluding hydrogens is 300 g/mol. The summed E-state index contributed by atoms with van der Waals surface area (Å²) >= 11 is 6.15. The van der Waals surface area contributed by atoms with E-state index in [1.54, 1.807) is 24.5 Å². The van der Waals surface area contributed by atoms with Crippen LogP contribution in [0.15, 0.2) is 41.0 Å². The molecule has 3 aromatic rings. The summed E-state index contributed by atoms with van der Waals surface area (Å²) < 4.78 is 5.22. The van der Waals surface area contributed by atoms with Crippen molar-refractivity contribution in [3.8, 4) is 0 Å². The molecule has 0 unspecified atom stereocenters. The number of fused-ring (bicyclic) bond motifs is 1. The summed E-state index contributed by atoms with van der Waals surface area (Å²) in [4.78, 5) is 17.0. The molecule has 2 aromatic heterocycles. The third-order valence-corrected chi connectivity index (χ3v) is 3.95. The lowest BCUT2D eigenvalue weighted by Gasteiger charge is -2.10. The van der Waals surface area contributed by atoms with Gasteiger partial charge in [0.25, 0.3) is 5.91 Å². The average molecular weight is 315 g/mol. The topological polar surface area (TPSA) is 55.1 Å². The molecule has 0 aliphatic heterocycles. The summed E-state index contributed by atoms with van der Waals surface area (Å²) in [6.45, 7) is 4.12. The molecule has 0 radical (unpaired) electrons. The quantitative estimate of drug-likeness (QED) is 0.794. The van der Waals surface area contributed by atoms with Gasteiger partial charge in [0.1, 0.15) is 5.76 Å². The van der Waals surface area contributed by atoms with Crippen molar-refractivity contribution in [2.45, 2.75) is 20.4 Å². The lowest BCUT2D eigenvalue weighted by Crippen LogP contribution is -2.23. The first-order chi connectivity index (χ1) is 10.6. The van der Waals surface area contributed by atoms with Crippen molar-refractivity contribution >= 4 is 28.4 Å². The van der Waals surface area contributed by atoms with Crippen LogP contribution in [0.25, 0.3) is 10.9 Å². The Morgan fingerprint density at radius 1 is 1.32 bits per heavy atom. The Hall–Kier alpha value is -2.33. The Morgan fingerprint density at radius 3 is 2.86 bits per heavy atom. The number of pyridine rings is 1. The van der Waals surface area contributed by atoms with Crippen LogP contribution >= 0.6 is 11.6 Å². The van der Waals surface area contributed by atoms with Crippen molar-refractivity contribution < 1.29 is 9.21 Å². The molecule has 1 aromatic carbocycles. The minimum atomic E-state index is -0.159. The molecule has 0 saturated carbocycles. The van der Waals surface area contributed by atoms with Crippen LogP contribution in [0, 0.1) is 13.8 Å². The molecular formula is C17H15ClN2O2. The molecule has 0 saturated heterocycles. The number of aromatic nitrogens is 1. The Kier molecular flexibility index (Phi) is 3.86. The van der Waals surface area contributed by atoms with E-state index < -0.39 is 0 Å². The number of amides is 1. The van der Waals surface area contributed by atoms with Gasteiger partial charge in [-0.2, -0.15) is 0 Å². The van der Waals surface area contributed by atoms with Gasteiger partial charge in [-0.15, -0.1) is 0 Å². The Morgan fingerprint density at radius 2 is 2.14 bits per heavy atom. The predicted molar refractivity (Wildman–Crippen MR) is 86.1 cm³/mol. The standard InChI is InChI=1S/C17H15ClN2O2/c1-10-8-14(17(21)19-9-12-4-3-7-22-12)13-5-6-15(18)11(2)16(13)20-10/h3-8H,9H2,1-2H3,(H,19,21). The van der Waals surface area contributed by atoms with E-state index in [0.29, 0.717) is 22.9 Å². The van der Waals surface area contributed by atoms with E-state index in [4.69, 9.17) is 16.0 Å². The van der Waals surface area contributed by atoms with E-state index in [9.17, 15) is 4.79 Å². The van der Waals surface area contributed by atoms with E-state index in [1.807, 2.05) is 26.0 Å². The Bertz CT molecular complexity index is 841. The smallest absolute Gasteiger partial charge is 0.252 e. The molecule has 0 atom stereocenters. The van der Waals surface area contributed by atoms with Crippen molar-refractivity contribution in [2.75, 3.05) is 0 Å². The van der Waals surface area contributed by atoms with Crippen molar-refractivity contribution in [3.05, 3.63) is 64.2 Å². The number of nitrogens with one attached hydrogen (secondary N) is 1. The molecule has 1 amide bonds. The number of carbonyl (C=O) groups is 1. The van der Waals surface area contributed by atoms with Gasteiger partial charge < -0.3 is 9.73 Å². The number of carbonyl (C=O) groups excluding carboxylic acids is 1. The monoisotopic (exact) mass is 314 g/mol. The highest BCUT2D eigenvalue weighted by Crippen LogP contribution is 2.27. The number of aryl methyl sites for hydroxylation is 2. The van der Waals surface area contributed by atoms with Gasteiger partial charge in [-0.3, -0.25) is 9.78 Å². The lowest BCUT2D eigenvalue weighted by atomic mass is 10.0. The SMILES string of the molecule is Cc1cc(C(=O)NCc2ccco2)c2ccc(Cl)c(C)c2n1. The lowest BCUT2D eigenvalue weighted by molar-refractivity contribution is 0.0949. The van der Waals surface area contributed by atoms with Crippen LogP contribution in [0.3, 0.4) is 0 Å². The second-order valence-corrected chi connectivity index (χ2v) is 5.55. The van der Waals surface area contributed by atoms with Crippen LogP contribution < -0.4 is 5.32 Å². The highest BCUT2D eigenvalue weighted by molar-refractivity contribution is 6.32. The van der Waals surface area contributed by atoms with Crippen LogP contribution in [0.4, 0.5) is 0 Å². The summed E-state index contributed by atoms with van der Waals surface area (Å²) in [7, 11) is 0. The summed E-state index contributed by atoms with van der Waals surface area (Å²) in [5.74, 6) is 0.552. The molecule has 0 aliphatic rings. The molecule has 0 fully saturated rings. The number of furan rings is 1. The number of hydrogen-bond acceptors (Lipinski definition) is 3. The zero-order valence-corrected chi connectivity index (χ0v) is 13.1. The highest BCUT2D eigenvalue weighted by Gasteiger charge is 2.14. The zero-order chi connectivity index (χ0) is 15.7. The second kappa shape index (κ2) is 5.81. The van der Waals surface area contributed by atoms with Gasteiger partial charge in [0.05, 0.1) is 23.9 Å². The fraction of sp³-hybridized carbons (Fsp3) is 0.176. The number of halogens is 1. The number of benzene rings is 1. The van der Waals surface area contributed by atoms with Crippen LogP contribution in [0.5, 0.6) is 0 Å². The maximum atomic E-state index is 12.5. The molecule has 2 heterocycles. The van der Waals surface area contributed by atoms with Gasteiger partial charge in [0.2, 0.25) is 0 Å². The number of nitrogens with zero attached hydrogens (tertiary/aromatic N) is 1. The molecule has 0 aliphatic carbocycles. The van der Waals surface area contributed by atoms with Gasteiger partial charge in [-0.05, 0) is 43.7 Å². The van der Waals surface area contributed by atoms with Crippen molar-refractivity contribution in [1.82, 2.24) is 10.3 Å². The normalized spacial score (nSPS) is 10.9. The molecule has 22 heavy (non-hydrogen) atoms. The van der Waals surface area contributed by atoms with Crippen molar-refractivity contribution in [2.24, 2.45) is 0 Å². The Labute approximate surface area is 133 Å². The second-order valence-electron chi connectivity index (χ2n) is 5.14. The first-order valence-corrected chi connectivity index (χ1v) is 7.31. The first kappa shape index (κ1) is 14.6. The largest absolute Gasteiger partial charge is 0.467 e. The van der Waals surface area contributed by atoms with Crippen LogP contribution in [-0.4, -0.2) is 10.9 Å². The summed E-state index contributed by atoms with van der Waals surface area (Å²) in [5.41, 5.74) is 3.01. The van der Waals surface area contributed by atoms with E-state index in [0.717, 1.165) is 22.2 Å². The number of rotatable bonds is 3. The van der Waals surface area contributed by atoms with Crippen LogP contribution in [0.2, 0.25) is 5.02 Å². The minimum absolute atomic E-state index is 0.159. The third-order valence-electron chi connectivity index (χ3n) is 3.54. The third kappa shape index (κ3) is 2.70. The maximum absolute atomic E-state index is 12.5. The average Bonchev–Trinajstić information content (AvgIpc) is 3.01. The molecule has 0 bridgehead atoms. The van der Waals surface area contributed by atoms with E-state index in [2.05, 4.69) is 10.3 Å². The Balaban J connectivity index is 1.99. The summed E-state index contributed by atoms with van der Waals surface area (Å²) in [5, 5.41) is 4.30. The molecule has 0 spiro atoms. The maximum Gasteiger partial charge on any atom is 0.252 e. The van der Waals surface area contributed by atoms with Crippen molar-refractivity contribution in [1.29, 1.82) is 0 Å². The molecule has 1 N–H and O–H groups in total. The molecule has 112 valence electrons. The summed E-state index contributed by atoms with van der Waals surface area (Å²) in [6, 6.07) is 9.02. The van der Waals surface area contributed by atoms with Crippen molar-refractivity contribution in [3.63, 3.8) is 0 Å². The molecule has 4 nitrogen and oxygen atoms in total. The fourth-order valence-electron chi connectivity index (χ4n) is 2.40. The van der Waals surface area contributed by atoms with Gasteiger partial charge in [-0.1, -0.05) is 17.7 Å². The zero-order valence-electron chi connectivity index (χ0n) is 12.3. The highest BCUT2D eigenvalue weighted by atomic mass is 35.5. The molecule has 3 rings (SSSR count). The van der Waals surface area contributed by atoms with Crippen LogP contribution in [0.1, 0.15) is 27.4 Å². The van der Waals surface area contributed by atoms with E-state index in [-0.39, 0.29) is 5.91 Å². The van der Waals surface area contributed by atoms with E-state index >= 15 is 0 Å². The minimum Gasteiger partial charge on any atom is -0.467 e. The summed E-state index contributed by atoms with van der Waals surface area (Å²) in [6.07, 6.45) is 1.58. The predicted octanol–water partition coefficient (Wildman–Crippen LogP) is 4.03. The number of hydrogen-bond donors (Lipinski definition) is 1. The fourth-order valence-corrected chi connectivity index (χ4v) is 2.55. The molecule has 5 heteroatoms. The first-order valence-electron chi connectivity index (χ1n) is 6.93. The van der Waals surface area contributed by atoms with E-state index in [1.165, 1.54) is 0 Å². The van der Waals surface area contributed by atoms with Gasteiger partial charge >= 0.3 is 0 Å². The van der Waals surface area contributed by atoms with Crippen LogP contribution in [-0.2, 0) is 6.54 Å². The van der Waals surface area contributed by atoms with Gasteiger partial charge in [0, 0.05) is 16.1 Å². The van der Waals surface area contributed by atoms with Gasteiger partial charge in [-0.25, -0.2) is 0 Å².